The highest BCUT2D eigenvalue weighted by atomic mass is 35.5. The number of hydrogen-bond acceptors (Lipinski definition) is 10. The molecule has 2 amide bonds. The van der Waals surface area contributed by atoms with Gasteiger partial charge in [0.05, 0.1) is 22.4 Å². The van der Waals surface area contributed by atoms with Gasteiger partial charge in [-0.15, -0.1) is 0 Å². The Morgan fingerprint density at radius 3 is 2.23 bits per heavy atom. The average molecular weight is 801 g/mol. The summed E-state index contributed by atoms with van der Waals surface area (Å²) < 4.78 is 18.0. The Kier molecular flexibility index (Phi) is 13.0. The topological polar surface area (TPSA) is 196 Å². The van der Waals surface area contributed by atoms with Crippen LogP contribution in [0.25, 0.3) is 28.0 Å². The van der Waals surface area contributed by atoms with Gasteiger partial charge in [-0.1, -0.05) is 54.1 Å². The van der Waals surface area contributed by atoms with Crippen LogP contribution < -0.4 is 20.9 Å². The zero-order valence-electron chi connectivity index (χ0n) is 32.5. The standard InChI is InChI=1S/C41H45ClN6O9/c1-40(2,3)56-38(51)43-21-11-10-14-30(44-39(52)57-41(4,5)6)37(50)55-33-23-28(48(53)54)19-20-29(33)32-24-34(49)45-36-35(26-15-17-27(42)18-16-26)31(46-47(32)36)22-25-12-8-7-9-13-25/h7-9,12-13,15-20,23-24,30H,10-11,14,21-22H2,1-6H3,(H,43,51)(H,44,52)(H,45,49)/t30-/m0/s1. The van der Waals surface area contributed by atoms with E-state index in [0.29, 0.717) is 41.2 Å². The van der Waals surface area contributed by atoms with Crippen LogP contribution in [0.15, 0.2) is 83.7 Å². The van der Waals surface area contributed by atoms with Gasteiger partial charge < -0.3 is 29.8 Å². The molecule has 1 atom stereocenters. The molecule has 0 bridgehead atoms. The lowest BCUT2D eigenvalue weighted by Crippen LogP contribution is -2.45. The van der Waals surface area contributed by atoms with Crippen LogP contribution in [0.4, 0.5) is 15.3 Å². The number of rotatable bonds is 13. The molecular weight excluding hydrogens is 756 g/mol. The van der Waals surface area contributed by atoms with Gasteiger partial charge in [0.1, 0.15) is 28.6 Å². The molecule has 0 radical (unpaired) electrons. The van der Waals surface area contributed by atoms with Crippen molar-refractivity contribution in [3.8, 4) is 28.1 Å². The van der Waals surface area contributed by atoms with Crippen molar-refractivity contribution in [2.75, 3.05) is 6.54 Å². The number of amides is 2. The van der Waals surface area contributed by atoms with Gasteiger partial charge in [0.25, 0.3) is 11.2 Å². The number of nitrogens with one attached hydrogen (secondary N) is 3. The number of alkyl carbamates (subject to hydrolysis) is 2. The third-order valence-electron chi connectivity index (χ3n) is 8.27. The zero-order valence-corrected chi connectivity index (χ0v) is 33.3. The van der Waals surface area contributed by atoms with Gasteiger partial charge in [0.15, 0.2) is 0 Å². The molecule has 5 aromatic rings. The lowest BCUT2D eigenvalue weighted by molar-refractivity contribution is -0.384. The van der Waals surface area contributed by atoms with Gasteiger partial charge in [-0.25, -0.2) is 18.9 Å². The fraction of sp³-hybridized carbons (Fsp3) is 0.341. The van der Waals surface area contributed by atoms with E-state index in [1.807, 2.05) is 42.5 Å². The Morgan fingerprint density at radius 2 is 1.58 bits per heavy atom. The molecule has 0 aliphatic rings. The molecule has 0 saturated heterocycles. The van der Waals surface area contributed by atoms with Crippen molar-refractivity contribution in [1.29, 1.82) is 0 Å². The summed E-state index contributed by atoms with van der Waals surface area (Å²) in [7, 11) is 0. The number of nitrogens with zero attached hydrogens (tertiary/aromatic N) is 3. The second-order valence-electron chi connectivity index (χ2n) is 15.3. The van der Waals surface area contributed by atoms with Gasteiger partial charge in [-0.3, -0.25) is 14.9 Å². The minimum absolute atomic E-state index is 0.0556. The first-order valence-corrected chi connectivity index (χ1v) is 18.7. The van der Waals surface area contributed by atoms with Crippen molar-refractivity contribution in [2.24, 2.45) is 0 Å². The number of benzene rings is 3. The highest BCUT2D eigenvalue weighted by molar-refractivity contribution is 6.30. The largest absolute Gasteiger partial charge is 0.444 e. The zero-order chi connectivity index (χ0) is 41.5. The second kappa shape index (κ2) is 17.7. The van der Waals surface area contributed by atoms with E-state index in [4.69, 9.17) is 30.9 Å². The molecule has 57 heavy (non-hydrogen) atoms. The lowest BCUT2D eigenvalue weighted by Gasteiger charge is -2.23. The van der Waals surface area contributed by atoms with Crippen molar-refractivity contribution in [1.82, 2.24) is 25.2 Å². The number of aromatic amines is 1. The van der Waals surface area contributed by atoms with Crippen molar-refractivity contribution >= 4 is 41.1 Å². The number of ether oxygens (including phenoxy) is 3. The van der Waals surface area contributed by atoms with E-state index in [1.54, 1.807) is 53.7 Å². The van der Waals surface area contributed by atoms with E-state index >= 15 is 0 Å². The number of carbonyl (C=O) groups excluding carboxylic acids is 3. The molecule has 0 aliphatic carbocycles. The molecule has 5 rings (SSSR count). The Hall–Kier alpha value is -6.22. The predicted molar refractivity (Wildman–Crippen MR) is 214 cm³/mol. The van der Waals surface area contributed by atoms with Gasteiger partial charge in [0.2, 0.25) is 0 Å². The van der Waals surface area contributed by atoms with Crippen LogP contribution in [0.3, 0.4) is 0 Å². The Bertz CT molecular complexity index is 2310. The van der Waals surface area contributed by atoms with Crippen molar-refractivity contribution in [3.05, 3.63) is 116 Å². The van der Waals surface area contributed by atoms with Crippen LogP contribution in [0.5, 0.6) is 5.75 Å². The van der Waals surface area contributed by atoms with Crippen LogP contribution in [0.2, 0.25) is 5.02 Å². The van der Waals surface area contributed by atoms with E-state index in [2.05, 4.69) is 15.6 Å². The maximum absolute atomic E-state index is 14.0. The normalized spacial score (nSPS) is 12.1. The highest BCUT2D eigenvalue weighted by Gasteiger charge is 2.29. The molecule has 0 unspecified atom stereocenters. The summed E-state index contributed by atoms with van der Waals surface area (Å²) >= 11 is 6.22. The first kappa shape index (κ1) is 41.9. The fourth-order valence-corrected chi connectivity index (χ4v) is 6.02. The summed E-state index contributed by atoms with van der Waals surface area (Å²) in [6.45, 7) is 10.5. The first-order chi connectivity index (χ1) is 26.9. The minimum Gasteiger partial charge on any atom is -0.444 e. The number of H-pyrrole nitrogens is 1. The summed E-state index contributed by atoms with van der Waals surface area (Å²) in [5, 5.41) is 22.6. The number of fused-ring (bicyclic) bond motifs is 1. The van der Waals surface area contributed by atoms with Crippen molar-refractivity contribution < 1.29 is 33.5 Å². The summed E-state index contributed by atoms with van der Waals surface area (Å²) in [5.74, 6) is -1.20. The third kappa shape index (κ3) is 11.6. The quantitative estimate of drug-likeness (QED) is 0.0345. The fourth-order valence-electron chi connectivity index (χ4n) is 5.89. The number of hydrogen-bond donors (Lipinski definition) is 3. The molecule has 0 fully saturated rings. The molecule has 15 nitrogen and oxygen atoms in total. The molecular formula is C41H45ClN6O9. The number of esters is 1. The number of carbonyl (C=O) groups is 3. The maximum Gasteiger partial charge on any atom is 0.408 e. The molecule has 3 aromatic carbocycles. The summed E-state index contributed by atoms with van der Waals surface area (Å²) in [5.41, 5.74) is 1.07. The Labute approximate surface area is 333 Å². The van der Waals surface area contributed by atoms with E-state index in [-0.39, 0.29) is 35.7 Å². The first-order valence-electron chi connectivity index (χ1n) is 18.3. The number of halogens is 1. The van der Waals surface area contributed by atoms with Gasteiger partial charge in [0, 0.05) is 41.2 Å². The van der Waals surface area contributed by atoms with Crippen LogP contribution in [0.1, 0.15) is 72.1 Å². The number of aromatic nitrogens is 3. The molecule has 0 saturated carbocycles. The van der Waals surface area contributed by atoms with Crippen molar-refractivity contribution in [2.45, 2.75) is 84.5 Å². The number of nitro benzene ring substituents is 1. The van der Waals surface area contributed by atoms with Gasteiger partial charge >= 0.3 is 18.2 Å². The maximum atomic E-state index is 14.0. The second-order valence-corrected chi connectivity index (χ2v) is 15.7. The number of unbranched alkanes of at least 4 members (excludes halogenated alkanes) is 1. The monoisotopic (exact) mass is 800 g/mol. The van der Waals surface area contributed by atoms with E-state index in [0.717, 1.165) is 17.2 Å². The Balaban J connectivity index is 1.53. The molecule has 2 aromatic heterocycles. The molecule has 300 valence electrons. The van der Waals surface area contributed by atoms with E-state index in [9.17, 15) is 29.3 Å². The van der Waals surface area contributed by atoms with Crippen LogP contribution in [0, 0.1) is 10.1 Å². The van der Waals surface area contributed by atoms with Crippen LogP contribution in [-0.2, 0) is 20.7 Å². The molecule has 3 N–H and O–H groups in total. The van der Waals surface area contributed by atoms with E-state index in [1.165, 1.54) is 22.7 Å². The molecule has 16 heteroatoms. The number of nitro groups is 1. The molecule has 0 aliphatic heterocycles. The van der Waals surface area contributed by atoms with Crippen LogP contribution >= 0.6 is 11.6 Å². The Morgan fingerprint density at radius 1 is 0.912 bits per heavy atom. The SMILES string of the molecule is CC(C)(C)OC(=O)NCCCC[C@H](NC(=O)OC(C)(C)C)C(=O)Oc1cc([N+](=O)[O-])ccc1-c1cc(=O)[nH]c2c(-c3ccc(Cl)cc3)c(Cc3ccccc3)nn12. The minimum atomic E-state index is -1.27. The van der Waals surface area contributed by atoms with E-state index < -0.39 is 45.9 Å². The van der Waals surface area contributed by atoms with Crippen LogP contribution in [-0.4, -0.2) is 61.5 Å². The summed E-state index contributed by atoms with van der Waals surface area (Å²) in [6.07, 6.45) is -0.291. The van der Waals surface area contributed by atoms with Gasteiger partial charge in [-0.2, -0.15) is 5.10 Å². The molecule has 0 spiro atoms. The lowest BCUT2D eigenvalue weighted by atomic mass is 10.0. The smallest absolute Gasteiger partial charge is 0.408 e. The molecule has 2 heterocycles. The summed E-state index contributed by atoms with van der Waals surface area (Å²) in [6, 6.07) is 20.3. The number of non-ortho nitro benzene ring substituents is 1. The average Bonchev–Trinajstić information content (AvgIpc) is 3.47. The highest BCUT2D eigenvalue weighted by Crippen LogP contribution is 2.36. The predicted octanol–water partition coefficient (Wildman–Crippen LogP) is 8.00. The van der Waals surface area contributed by atoms with Crippen molar-refractivity contribution in [3.63, 3.8) is 0 Å². The van der Waals surface area contributed by atoms with Gasteiger partial charge in [-0.05, 0) is 90.1 Å². The summed E-state index contributed by atoms with van der Waals surface area (Å²) in [4.78, 5) is 66.5. The third-order valence-corrected chi connectivity index (χ3v) is 8.52.